The van der Waals surface area contributed by atoms with Gasteiger partial charge in [-0.25, -0.2) is 8.42 Å². The van der Waals surface area contributed by atoms with Crippen molar-refractivity contribution in [3.8, 4) is 0 Å². The van der Waals surface area contributed by atoms with Crippen molar-refractivity contribution >= 4 is 15.8 Å². The van der Waals surface area contributed by atoms with Gasteiger partial charge in [0.15, 0.2) is 16.1 Å². The van der Waals surface area contributed by atoms with Crippen LogP contribution in [0.2, 0.25) is 0 Å². The summed E-state index contributed by atoms with van der Waals surface area (Å²) >= 11 is 0. The Labute approximate surface area is 106 Å². The van der Waals surface area contributed by atoms with E-state index in [0.29, 0.717) is 25.9 Å². The Kier molecular flexibility index (Phi) is 4.24. The van der Waals surface area contributed by atoms with Gasteiger partial charge in [0, 0.05) is 12.8 Å². The second-order valence-corrected chi connectivity index (χ2v) is 7.19. The van der Waals surface area contributed by atoms with Crippen LogP contribution in [0.5, 0.6) is 0 Å². The molecule has 0 aromatic heterocycles. The first-order valence-electron chi connectivity index (χ1n) is 6.14. The highest BCUT2D eigenvalue weighted by atomic mass is 32.2. The van der Waals surface area contributed by atoms with Crippen LogP contribution in [0, 0.1) is 5.92 Å². The molecule has 1 N–H and O–H groups in total. The lowest BCUT2D eigenvalue weighted by molar-refractivity contribution is -0.138. The molecule has 2 heterocycles. The van der Waals surface area contributed by atoms with Gasteiger partial charge < -0.3 is 14.6 Å². The molecule has 3 unspecified atom stereocenters. The number of aliphatic carboxylic acids is 1. The van der Waals surface area contributed by atoms with Gasteiger partial charge in [0.05, 0.1) is 24.2 Å². The molecular weight excluding hydrogens is 260 g/mol. The predicted molar refractivity (Wildman–Crippen MR) is 62.9 cm³/mol. The second kappa shape index (κ2) is 5.54. The minimum atomic E-state index is -2.86. The Bertz CT molecular complexity index is 404. The van der Waals surface area contributed by atoms with Crippen molar-refractivity contribution < 1.29 is 27.8 Å². The molecule has 0 radical (unpaired) electrons. The van der Waals surface area contributed by atoms with Crippen LogP contribution in [0.3, 0.4) is 0 Å². The molecule has 2 fully saturated rings. The largest absolute Gasteiger partial charge is 0.481 e. The summed E-state index contributed by atoms with van der Waals surface area (Å²) in [6.45, 7) is 0.400. The van der Waals surface area contributed by atoms with Crippen molar-refractivity contribution in [3.05, 3.63) is 0 Å². The summed E-state index contributed by atoms with van der Waals surface area (Å²) in [7, 11) is -2.86. The number of rotatable bonds is 5. The van der Waals surface area contributed by atoms with Crippen molar-refractivity contribution in [2.45, 2.75) is 38.1 Å². The fourth-order valence-electron chi connectivity index (χ4n) is 2.40. The number of hydrogen-bond acceptors (Lipinski definition) is 5. The zero-order chi connectivity index (χ0) is 13.2. The third kappa shape index (κ3) is 3.93. The lowest BCUT2D eigenvalue weighted by atomic mass is 10.1. The Morgan fingerprint density at radius 3 is 2.78 bits per heavy atom. The van der Waals surface area contributed by atoms with E-state index < -0.39 is 15.8 Å². The normalized spacial score (nSPS) is 34.8. The number of carboxylic acids is 1. The van der Waals surface area contributed by atoms with Crippen molar-refractivity contribution in [3.63, 3.8) is 0 Å². The van der Waals surface area contributed by atoms with Crippen molar-refractivity contribution in [2.75, 3.05) is 18.1 Å². The molecule has 0 aromatic rings. The topological polar surface area (TPSA) is 89.9 Å². The molecule has 0 bridgehead atoms. The molecule has 0 amide bonds. The van der Waals surface area contributed by atoms with E-state index in [1.807, 2.05) is 0 Å². The molecule has 2 rings (SSSR count). The zero-order valence-corrected chi connectivity index (χ0v) is 10.9. The predicted octanol–water partition coefficient (Wildman–Crippen LogP) is 0.418. The van der Waals surface area contributed by atoms with E-state index in [9.17, 15) is 13.2 Å². The molecular formula is C11H18O6S. The van der Waals surface area contributed by atoms with Gasteiger partial charge in [0.1, 0.15) is 0 Å². The third-order valence-electron chi connectivity index (χ3n) is 3.34. The maximum atomic E-state index is 11.3. The molecule has 0 spiro atoms. The van der Waals surface area contributed by atoms with Crippen molar-refractivity contribution in [1.29, 1.82) is 0 Å². The Balaban J connectivity index is 1.71. The molecule has 2 saturated heterocycles. The van der Waals surface area contributed by atoms with Crippen molar-refractivity contribution in [2.24, 2.45) is 5.92 Å². The van der Waals surface area contributed by atoms with E-state index in [2.05, 4.69) is 0 Å². The summed E-state index contributed by atoms with van der Waals surface area (Å²) in [6, 6.07) is 0. The van der Waals surface area contributed by atoms with Crippen LogP contribution < -0.4 is 0 Å². The van der Waals surface area contributed by atoms with Crippen LogP contribution >= 0.6 is 0 Å². The van der Waals surface area contributed by atoms with Crippen LogP contribution in [0.1, 0.15) is 25.7 Å². The summed E-state index contributed by atoms with van der Waals surface area (Å²) in [5.41, 5.74) is 0. The quantitative estimate of drug-likeness (QED) is 0.783. The van der Waals surface area contributed by atoms with Gasteiger partial charge in [-0.05, 0) is 18.8 Å². The summed E-state index contributed by atoms with van der Waals surface area (Å²) < 4.78 is 33.6. The van der Waals surface area contributed by atoms with Gasteiger partial charge in [-0.1, -0.05) is 0 Å². The molecule has 18 heavy (non-hydrogen) atoms. The fraction of sp³-hybridized carbons (Fsp3) is 0.909. The first-order chi connectivity index (χ1) is 8.44. The highest BCUT2D eigenvalue weighted by Gasteiger charge is 2.33. The van der Waals surface area contributed by atoms with E-state index in [-0.39, 0.29) is 36.2 Å². The van der Waals surface area contributed by atoms with Gasteiger partial charge in [-0.15, -0.1) is 0 Å². The average Bonchev–Trinajstić information content (AvgIpc) is 2.83. The summed E-state index contributed by atoms with van der Waals surface area (Å²) in [4.78, 5) is 10.4. The van der Waals surface area contributed by atoms with Crippen LogP contribution in [0.25, 0.3) is 0 Å². The van der Waals surface area contributed by atoms with Crippen LogP contribution in [0.4, 0.5) is 0 Å². The summed E-state index contributed by atoms with van der Waals surface area (Å²) in [6.07, 6.45) is 1.22. The van der Waals surface area contributed by atoms with Gasteiger partial charge in [0.2, 0.25) is 0 Å². The van der Waals surface area contributed by atoms with Crippen molar-refractivity contribution in [1.82, 2.24) is 0 Å². The Morgan fingerprint density at radius 1 is 1.39 bits per heavy atom. The molecule has 0 saturated carbocycles. The number of carbonyl (C=O) groups is 1. The van der Waals surface area contributed by atoms with Crippen LogP contribution in [-0.2, 0) is 24.1 Å². The van der Waals surface area contributed by atoms with Gasteiger partial charge >= 0.3 is 5.97 Å². The van der Waals surface area contributed by atoms with E-state index in [0.717, 1.165) is 0 Å². The highest BCUT2D eigenvalue weighted by Crippen LogP contribution is 2.27. The first-order valence-corrected chi connectivity index (χ1v) is 7.96. The highest BCUT2D eigenvalue weighted by molar-refractivity contribution is 7.91. The zero-order valence-electron chi connectivity index (χ0n) is 10.1. The smallest absolute Gasteiger partial charge is 0.303 e. The Morgan fingerprint density at radius 2 is 2.17 bits per heavy atom. The van der Waals surface area contributed by atoms with Gasteiger partial charge in [0.25, 0.3) is 0 Å². The van der Waals surface area contributed by atoms with E-state index in [1.165, 1.54) is 0 Å². The van der Waals surface area contributed by atoms with E-state index in [1.54, 1.807) is 0 Å². The number of sulfone groups is 1. The maximum Gasteiger partial charge on any atom is 0.303 e. The summed E-state index contributed by atoms with van der Waals surface area (Å²) in [5, 5.41) is 8.56. The lowest BCUT2D eigenvalue weighted by Crippen LogP contribution is -2.17. The molecule has 3 atom stereocenters. The molecule has 2 aliphatic heterocycles. The SMILES string of the molecule is O=C(O)CCC1COC(CC2CCS(=O)(=O)C2)O1. The second-order valence-electron chi connectivity index (χ2n) is 4.96. The number of carboxylic acid groups (broad SMARTS) is 1. The van der Waals surface area contributed by atoms with Gasteiger partial charge in [-0.2, -0.15) is 0 Å². The monoisotopic (exact) mass is 278 g/mol. The minimum Gasteiger partial charge on any atom is -0.481 e. The van der Waals surface area contributed by atoms with Gasteiger partial charge in [-0.3, -0.25) is 4.79 Å². The maximum absolute atomic E-state index is 11.3. The third-order valence-corrected chi connectivity index (χ3v) is 5.18. The summed E-state index contributed by atoms with van der Waals surface area (Å²) in [5.74, 6) is -0.259. The van der Waals surface area contributed by atoms with Crippen LogP contribution in [-0.4, -0.2) is 50.0 Å². The minimum absolute atomic E-state index is 0.0680. The molecule has 104 valence electrons. The van der Waals surface area contributed by atoms with E-state index in [4.69, 9.17) is 14.6 Å². The van der Waals surface area contributed by atoms with Crippen LogP contribution in [0.15, 0.2) is 0 Å². The average molecular weight is 278 g/mol. The fourth-order valence-corrected chi connectivity index (χ4v) is 4.28. The molecule has 0 aromatic carbocycles. The van der Waals surface area contributed by atoms with E-state index >= 15 is 0 Å². The molecule has 0 aliphatic carbocycles. The molecule has 2 aliphatic rings. The number of ether oxygens (including phenoxy) is 2. The lowest BCUT2D eigenvalue weighted by Gasteiger charge is -2.14. The standard InChI is InChI=1S/C11H18O6S/c12-10(13)2-1-9-6-16-11(17-9)5-8-3-4-18(14,15)7-8/h8-9,11H,1-7H2,(H,12,13). The first kappa shape index (κ1) is 13.8. The molecule has 7 heteroatoms. The molecule has 6 nitrogen and oxygen atoms in total. The Hall–Kier alpha value is -0.660. The number of hydrogen-bond donors (Lipinski definition) is 1.